The van der Waals surface area contributed by atoms with Crippen molar-refractivity contribution in [2.75, 3.05) is 25.0 Å². The van der Waals surface area contributed by atoms with E-state index in [9.17, 15) is 4.79 Å². The van der Waals surface area contributed by atoms with Crippen molar-refractivity contribution >= 4 is 22.5 Å². The number of aromatic amines is 1. The molecular formula is C19H21N5O. The first-order chi connectivity index (χ1) is 12.3. The Hall–Kier alpha value is -2.73. The maximum absolute atomic E-state index is 12.3. The summed E-state index contributed by atoms with van der Waals surface area (Å²) in [6, 6.07) is 8.09. The number of hydrogen-bond acceptors (Lipinski definition) is 4. The molecule has 0 radical (unpaired) electrons. The number of fused-ring (bicyclic) bond motifs is 1. The molecule has 128 valence electrons. The minimum Gasteiger partial charge on any atom is -0.310 e. The SMILES string of the molecule is O=C(CN1CCCCC1)Nc1cc2cc(-c3cn[nH]c3)ccc2cn1. The molecular weight excluding hydrogens is 314 g/mol. The predicted molar refractivity (Wildman–Crippen MR) is 98.2 cm³/mol. The normalized spacial score (nSPS) is 15.4. The molecule has 1 aliphatic rings. The zero-order valence-electron chi connectivity index (χ0n) is 14.0. The van der Waals surface area contributed by atoms with E-state index < -0.39 is 0 Å². The van der Waals surface area contributed by atoms with Gasteiger partial charge in [0.15, 0.2) is 0 Å². The van der Waals surface area contributed by atoms with Crippen molar-refractivity contribution in [3.05, 3.63) is 42.9 Å². The lowest BCUT2D eigenvalue weighted by atomic mass is 10.1. The number of H-pyrrole nitrogens is 1. The first-order valence-electron chi connectivity index (χ1n) is 8.69. The Morgan fingerprint density at radius 1 is 1.08 bits per heavy atom. The van der Waals surface area contributed by atoms with Crippen LogP contribution in [0.2, 0.25) is 0 Å². The van der Waals surface area contributed by atoms with Crippen molar-refractivity contribution < 1.29 is 4.79 Å². The fourth-order valence-corrected chi connectivity index (χ4v) is 3.30. The van der Waals surface area contributed by atoms with Crippen LogP contribution in [0.25, 0.3) is 21.9 Å². The zero-order valence-corrected chi connectivity index (χ0v) is 14.0. The van der Waals surface area contributed by atoms with E-state index in [1.807, 2.05) is 24.4 Å². The van der Waals surface area contributed by atoms with Gasteiger partial charge in [-0.3, -0.25) is 14.8 Å². The summed E-state index contributed by atoms with van der Waals surface area (Å²) in [5, 5.41) is 11.8. The Kier molecular flexibility index (Phi) is 4.43. The molecule has 2 N–H and O–H groups in total. The molecule has 1 fully saturated rings. The minimum atomic E-state index is -0.000242. The summed E-state index contributed by atoms with van der Waals surface area (Å²) in [7, 11) is 0. The number of rotatable bonds is 4. The summed E-state index contributed by atoms with van der Waals surface area (Å²) in [5.41, 5.74) is 2.12. The van der Waals surface area contributed by atoms with Crippen LogP contribution in [-0.4, -0.2) is 45.6 Å². The van der Waals surface area contributed by atoms with Gasteiger partial charge < -0.3 is 5.32 Å². The average Bonchev–Trinajstić information content (AvgIpc) is 3.16. The number of amides is 1. The van der Waals surface area contributed by atoms with E-state index in [2.05, 4.69) is 31.5 Å². The van der Waals surface area contributed by atoms with Gasteiger partial charge in [-0.25, -0.2) is 4.98 Å². The van der Waals surface area contributed by atoms with E-state index in [1.54, 1.807) is 12.4 Å². The number of nitrogens with one attached hydrogen (secondary N) is 2. The maximum atomic E-state index is 12.3. The molecule has 0 saturated carbocycles. The second-order valence-electron chi connectivity index (χ2n) is 6.50. The zero-order chi connectivity index (χ0) is 17.1. The number of carbonyl (C=O) groups is 1. The van der Waals surface area contributed by atoms with Gasteiger partial charge in [0.1, 0.15) is 5.82 Å². The number of carbonyl (C=O) groups excluding carboxylic acids is 1. The highest BCUT2D eigenvalue weighted by Crippen LogP contribution is 2.24. The van der Waals surface area contributed by atoms with Crippen molar-refractivity contribution in [3.63, 3.8) is 0 Å². The van der Waals surface area contributed by atoms with Crippen molar-refractivity contribution in [1.29, 1.82) is 0 Å². The summed E-state index contributed by atoms with van der Waals surface area (Å²) in [5.74, 6) is 0.596. The second kappa shape index (κ2) is 7.03. The van der Waals surface area contributed by atoms with Crippen LogP contribution in [0.15, 0.2) is 42.9 Å². The summed E-state index contributed by atoms with van der Waals surface area (Å²) < 4.78 is 0. The van der Waals surface area contributed by atoms with Gasteiger partial charge in [-0.2, -0.15) is 5.10 Å². The Bertz CT molecular complexity index is 869. The van der Waals surface area contributed by atoms with E-state index in [0.717, 1.165) is 35.0 Å². The largest absolute Gasteiger partial charge is 0.310 e. The molecule has 1 amide bonds. The van der Waals surface area contributed by atoms with E-state index in [1.165, 1.54) is 19.3 Å². The Morgan fingerprint density at radius 2 is 1.96 bits per heavy atom. The molecule has 1 aliphatic heterocycles. The first-order valence-corrected chi connectivity index (χ1v) is 8.69. The lowest BCUT2D eigenvalue weighted by Crippen LogP contribution is -2.36. The highest BCUT2D eigenvalue weighted by atomic mass is 16.2. The molecule has 25 heavy (non-hydrogen) atoms. The number of benzene rings is 1. The number of aromatic nitrogens is 3. The third-order valence-corrected chi connectivity index (χ3v) is 4.64. The molecule has 3 heterocycles. The fraction of sp³-hybridized carbons (Fsp3) is 0.316. The quantitative estimate of drug-likeness (QED) is 0.768. The van der Waals surface area contributed by atoms with Crippen LogP contribution < -0.4 is 5.32 Å². The van der Waals surface area contributed by atoms with Crippen molar-refractivity contribution in [3.8, 4) is 11.1 Å². The van der Waals surface area contributed by atoms with Crippen LogP contribution in [0.5, 0.6) is 0 Å². The van der Waals surface area contributed by atoms with Gasteiger partial charge in [-0.1, -0.05) is 18.6 Å². The summed E-state index contributed by atoms with van der Waals surface area (Å²) in [6.45, 7) is 2.45. The molecule has 3 aromatic rings. The van der Waals surface area contributed by atoms with Crippen LogP contribution in [-0.2, 0) is 4.79 Å². The smallest absolute Gasteiger partial charge is 0.239 e. The van der Waals surface area contributed by atoms with Crippen molar-refractivity contribution in [2.24, 2.45) is 0 Å². The van der Waals surface area contributed by atoms with E-state index >= 15 is 0 Å². The maximum Gasteiger partial charge on any atom is 0.239 e. The number of pyridine rings is 1. The molecule has 2 aromatic heterocycles. The molecule has 0 spiro atoms. The van der Waals surface area contributed by atoms with Gasteiger partial charge >= 0.3 is 0 Å². The summed E-state index contributed by atoms with van der Waals surface area (Å²) >= 11 is 0. The topological polar surface area (TPSA) is 73.9 Å². The van der Waals surface area contributed by atoms with E-state index in [0.29, 0.717) is 12.4 Å². The lowest BCUT2D eigenvalue weighted by Gasteiger charge is -2.25. The molecule has 4 rings (SSSR count). The predicted octanol–water partition coefficient (Wildman–Crippen LogP) is 3.05. The van der Waals surface area contributed by atoms with Gasteiger partial charge in [0.25, 0.3) is 0 Å². The van der Waals surface area contributed by atoms with Crippen LogP contribution >= 0.6 is 0 Å². The molecule has 1 aromatic carbocycles. The first kappa shape index (κ1) is 15.8. The van der Waals surface area contributed by atoms with Crippen LogP contribution in [0.3, 0.4) is 0 Å². The molecule has 0 atom stereocenters. The van der Waals surface area contributed by atoms with Gasteiger partial charge in [0, 0.05) is 23.3 Å². The van der Waals surface area contributed by atoms with Gasteiger partial charge in [0.05, 0.1) is 12.7 Å². The van der Waals surface area contributed by atoms with E-state index in [-0.39, 0.29) is 5.91 Å². The van der Waals surface area contributed by atoms with Crippen LogP contribution in [0, 0.1) is 0 Å². The van der Waals surface area contributed by atoms with Gasteiger partial charge in [0.2, 0.25) is 5.91 Å². The monoisotopic (exact) mass is 335 g/mol. The Labute approximate surface area is 146 Å². The molecule has 1 saturated heterocycles. The van der Waals surface area contributed by atoms with Crippen LogP contribution in [0.4, 0.5) is 5.82 Å². The number of hydrogen-bond donors (Lipinski definition) is 2. The van der Waals surface area contributed by atoms with E-state index in [4.69, 9.17) is 0 Å². The fourth-order valence-electron chi connectivity index (χ4n) is 3.30. The Morgan fingerprint density at radius 3 is 2.76 bits per heavy atom. The highest BCUT2D eigenvalue weighted by Gasteiger charge is 2.14. The summed E-state index contributed by atoms with van der Waals surface area (Å²) in [6.07, 6.45) is 9.08. The minimum absolute atomic E-state index is 0.000242. The molecule has 0 bridgehead atoms. The van der Waals surface area contributed by atoms with Crippen molar-refractivity contribution in [2.45, 2.75) is 19.3 Å². The highest BCUT2D eigenvalue weighted by molar-refractivity contribution is 5.94. The third kappa shape index (κ3) is 3.69. The number of piperidine rings is 1. The average molecular weight is 335 g/mol. The third-order valence-electron chi connectivity index (χ3n) is 4.64. The second-order valence-corrected chi connectivity index (χ2v) is 6.50. The number of likely N-dealkylation sites (tertiary alicyclic amines) is 1. The lowest BCUT2D eigenvalue weighted by molar-refractivity contribution is -0.117. The Balaban J connectivity index is 1.50. The molecule has 6 nitrogen and oxygen atoms in total. The van der Waals surface area contributed by atoms with Crippen LogP contribution in [0.1, 0.15) is 19.3 Å². The molecule has 0 aliphatic carbocycles. The van der Waals surface area contributed by atoms with Gasteiger partial charge in [-0.05, 0) is 49.0 Å². The number of anilines is 1. The summed E-state index contributed by atoms with van der Waals surface area (Å²) in [4.78, 5) is 18.8. The number of nitrogens with zero attached hydrogens (tertiary/aromatic N) is 3. The standard InChI is InChI=1S/C19H21N5O/c25-19(13-24-6-2-1-3-7-24)23-18-9-16-8-14(17-11-21-22-12-17)4-5-15(16)10-20-18/h4-5,8-12H,1-3,6-7,13H2,(H,21,22)(H,20,23,25). The van der Waals surface area contributed by atoms with Crippen molar-refractivity contribution in [1.82, 2.24) is 20.1 Å². The molecule has 6 heteroatoms. The molecule has 0 unspecified atom stereocenters. The van der Waals surface area contributed by atoms with Gasteiger partial charge in [-0.15, -0.1) is 0 Å².